The second kappa shape index (κ2) is 12.0. The molecule has 0 bridgehead atoms. The predicted octanol–water partition coefficient (Wildman–Crippen LogP) is -1.11. The van der Waals surface area contributed by atoms with Crippen molar-refractivity contribution in [1.29, 1.82) is 0 Å². The van der Waals surface area contributed by atoms with Gasteiger partial charge in [0.15, 0.2) is 0 Å². The molecule has 0 aromatic rings. The predicted molar refractivity (Wildman–Crippen MR) is 165 cm³/mol. The number of rotatable bonds is 10. The summed E-state index contributed by atoms with van der Waals surface area (Å²) in [5, 5.41) is 34.7. The average molecular weight is 693 g/mol. The molecule has 0 aromatic heterocycles. The number of fused-ring (bicyclic) bond motifs is 4. The first-order valence-electron chi connectivity index (χ1n) is 17.3. The Kier molecular flexibility index (Phi) is 8.49. The van der Waals surface area contributed by atoms with Crippen LogP contribution in [0.1, 0.15) is 53.9 Å². The van der Waals surface area contributed by atoms with Gasteiger partial charge in [0.05, 0.1) is 32.0 Å². The molecule has 7 aliphatic rings. The standard InChI is InChI=1S/C34H48N2O13/c1-15(2)33-8-19(33)28-34(49-28)31(4)7-6-17-18(11-45-29(17)43)20(31)12-46-32(34,5)30(33)48-24(39)10-36-22(37)9-35-23(38)14-44-13-21-26(41)27(42)25(40)16(3)47-21/h15-16,19-21,25-28,30,40-42H,6-14H2,1-5H3,(H,35,38)(H,36,37)/t16?,19-,20?,21+,25-,26+,27+,28-,30-,31-,32+,33+,34+/m0/s1. The van der Waals surface area contributed by atoms with Crippen LogP contribution in [0.3, 0.4) is 0 Å². The van der Waals surface area contributed by atoms with E-state index < -0.39 is 85.3 Å². The Labute approximate surface area is 284 Å². The number of hydrogen-bond donors (Lipinski definition) is 5. The molecule has 15 nitrogen and oxygen atoms in total. The van der Waals surface area contributed by atoms with Crippen molar-refractivity contribution in [3.05, 3.63) is 11.1 Å². The molecule has 0 radical (unpaired) electrons. The fraction of sp³-hybridized carbons (Fsp3) is 0.824. The summed E-state index contributed by atoms with van der Waals surface area (Å²) in [5.41, 5.74) is -0.581. The SMILES string of the molecule is CC1O[C@H](COCC(=O)NCC(=O)NCC(=O)O[C@@H]2[C@@]3(C(C)C)C[C@H]3[C@@H]3O[C@@]34[C@@]3(C)CCC5=C(COC5=O)C3CO[C@]24C)[C@@H](O)[C@H](O)[C@H]1O. The lowest BCUT2D eigenvalue weighted by atomic mass is 9.49. The second-order valence-corrected chi connectivity index (χ2v) is 15.6. The molecule has 2 amide bonds. The molecule has 3 saturated heterocycles. The number of carbonyl (C=O) groups is 4. The van der Waals surface area contributed by atoms with E-state index in [0.717, 1.165) is 24.0 Å². The zero-order valence-electron chi connectivity index (χ0n) is 28.6. The van der Waals surface area contributed by atoms with Crippen LogP contribution in [0.2, 0.25) is 0 Å². The van der Waals surface area contributed by atoms with E-state index in [-0.39, 0.29) is 53.9 Å². The molecular weight excluding hydrogens is 644 g/mol. The highest BCUT2D eigenvalue weighted by molar-refractivity contribution is 5.92. The molecule has 49 heavy (non-hydrogen) atoms. The second-order valence-electron chi connectivity index (χ2n) is 15.6. The van der Waals surface area contributed by atoms with Crippen LogP contribution >= 0.6 is 0 Å². The first-order chi connectivity index (χ1) is 23.1. The van der Waals surface area contributed by atoms with Gasteiger partial charge in [-0.1, -0.05) is 20.8 Å². The van der Waals surface area contributed by atoms with Crippen LogP contribution in [0.5, 0.6) is 0 Å². The van der Waals surface area contributed by atoms with Crippen molar-refractivity contribution in [2.75, 3.05) is 39.5 Å². The Bertz CT molecular complexity index is 1450. The summed E-state index contributed by atoms with van der Waals surface area (Å²) in [7, 11) is 0. The highest BCUT2D eigenvalue weighted by Crippen LogP contribution is 2.82. The molecule has 4 aliphatic heterocycles. The molecule has 2 saturated carbocycles. The number of nitrogens with one attached hydrogen (secondary N) is 2. The van der Waals surface area contributed by atoms with Gasteiger partial charge in [-0.15, -0.1) is 0 Å². The van der Waals surface area contributed by atoms with Crippen molar-refractivity contribution >= 4 is 23.8 Å². The molecule has 5 N–H and O–H groups in total. The van der Waals surface area contributed by atoms with Gasteiger partial charge in [-0.3, -0.25) is 14.4 Å². The van der Waals surface area contributed by atoms with Crippen molar-refractivity contribution < 1.29 is 62.9 Å². The van der Waals surface area contributed by atoms with Crippen molar-refractivity contribution in [1.82, 2.24) is 10.6 Å². The van der Waals surface area contributed by atoms with E-state index in [2.05, 4.69) is 31.4 Å². The zero-order valence-corrected chi connectivity index (χ0v) is 28.6. The number of carbonyl (C=O) groups excluding carboxylic acids is 4. The van der Waals surface area contributed by atoms with Gasteiger partial charge in [0.25, 0.3) is 0 Å². The minimum Gasteiger partial charge on any atom is -0.458 e. The third-order valence-corrected chi connectivity index (χ3v) is 13.0. The lowest BCUT2D eigenvalue weighted by molar-refractivity contribution is -0.265. The van der Waals surface area contributed by atoms with Crippen LogP contribution in [0.25, 0.3) is 0 Å². The van der Waals surface area contributed by atoms with Gasteiger partial charge in [-0.25, -0.2) is 4.79 Å². The summed E-state index contributed by atoms with van der Waals surface area (Å²) in [6.45, 7) is 9.15. The summed E-state index contributed by atoms with van der Waals surface area (Å²) >= 11 is 0. The summed E-state index contributed by atoms with van der Waals surface area (Å²) in [6.07, 6.45) is -4.21. The third-order valence-electron chi connectivity index (χ3n) is 13.0. The highest BCUT2D eigenvalue weighted by atomic mass is 16.7. The van der Waals surface area contributed by atoms with Crippen molar-refractivity contribution in [3.8, 4) is 0 Å². The molecular formula is C34H48N2O13. The van der Waals surface area contributed by atoms with Gasteiger partial charge in [-0.2, -0.15) is 0 Å². The molecule has 0 aromatic carbocycles. The molecule has 3 aliphatic carbocycles. The van der Waals surface area contributed by atoms with Crippen LogP contribution in [-0.2, 0) is 47.6 Å². The van der Waals surface area contributed by atoms with Crippen molar-refractivity contribution in [2.24, 2.45) is 28.6 Å². The van der Waals surface area contributed by atoms with E-state index >= 15 is 0 Å². The number of hydrogen-bond acceptors (Lipinski definition) is 13. The lowest BCUT2D eigenvalue weighted by Gasteiger charge is -2.61. The Morgan fingerprint density at radius 1 is 1.04 bits per heavy atom. The maximum Gasteiger partial charge on any atom is 0.334 e. The van der Waals surface area contributed by atoms with Gasteiger partial charge in [0.2, 0.25) is 11.8 Å². The van der Waals surface area contributed by atoms with Gasteiger partial charge < -0.3 is 54.4 Å². The lowest BCUT2D eigenvalue weighted by Crippen LogP contribution is -2.73. The summed E-state index contributed by atoms with van der Waals surface area (Å²) in [5.74, 6) is -1.77. The topological polar surface area (TPSA) is 212 Å². The molecule has 5 fully saturated rings. The average Bonchev–Trinajstić information content (AvgIpc) is 3.96. The van der Waals surface area contributed by atoms with Gasteiger partial charge in [0, 0.05) is 22.3 Å². The quantitative estimate of drug-likeness (QED) is 0.136. The van der Waals surface area contributed by atoms with Gasteiger partial charge in [0.1, 0.15) is 61.5 Å². The van der Waals surface area contributed by atoms with E-state index in [1.54, 1.807) is 6.92 Å². The maximum atomic E-state index is 13.4. The molecule has 13 atom stereocenters. The van der Waals surface area contributed by atoms with Crippen molar-refractivity contribution in [3.63, 3.8) is 0 Å². The number of aliphatic hydroxyl groups is 3. The first-order valence-corrected chi connectivity index (χ1v) is 17.3. The van der Waals surface area contributed by atoms with Crippen molar-refractivity contribution in [2.45, 2.75) is 108 Å². The third kappa shape index (κ3) is 5.01. The van der Waals surface area contributed by atoms with Gasteiger partial charge in [-0.05, 0) is 50.5 Å². The number of aliphatic hydroxyl groups excluding tert-OH is 3. The summed E-state index contributed by atoms with van der Waals surface area (Å²) in [6, 6.07) is 0. The Hall–Kier alpha value is -2.66. The van der Waals surface area contributed by atoms with E-state index in [0.29, 0.717) is 13.0 Å². The first kappa shape index (κ1) is 34.8. The minimum absolute atomic E-state index is 0.0415. The van der Waals surface area contributed by atoms with E-state index in [1.807, 2.05) is 6.92 Å². The Morgan fingerprint density at radius 3 is 2.51 bits per heavy atom. The number of ether oxygens (including phenoxy) is 6. The molecule has 2 unspecified atom stereocenters. The fourth-order valence-electron chi connectivity index (χ4n) is 10.2. The molecule has 7 rings (SSSR count). The Balaban J connectivity index is 0.940. The van der Waals surface area contributed by atoms with E-state index in [9.17, 15) is 34.5 Å². The monoisotopic (exact) mass is 692 g/mol. The van der Waals surface area contributed by atoms with E-state index in [1.165, 1.54) is 0 Å². The Morgan fingerprint density at radius 2 is 1.78 bits per heavy atom. The van der Waals surface area contributed by atoms with Crippen LogP contribution in [0.15, 0.2) is 11.1 Å². The number of epoxide rings is 1. The van der Waals surface area contributed by atoms with Crippen LogP contribution in [0.4, 0.5) is 0 Å². The summed E-state index contributed by atoms with van der Waals surface area (Å²) in [4.78, 5) is 50.6. The van der Waals surface area contributed by atoms with E-state index in [4.69, 9.17) is 28.4 Å². The highest BCUT2D eigenvalue weighted by Gasteiger charge is 2.93. The van der Waals surface area contributed by atoms with Crippen LogP contribution < -0.4 is 10.6 Å². The molecule has 4 heterocycles. The molecule has 1 spiro atoms. The van der Waals surface area contributed by atoms with Crippen LogP contribution in [-0.4, -0.2) is 133 Å². The van der Waals surface area contributed by atoms with Crippen LogP contribution in [0, 0.1) is 28.6 Å². The number of amides is 2. The largest absolute Gasteiger partial charge is 0.458 e. The molecule has 272 valence electrons. The minimum atomic E-state index is -1.41. The molecule has 15 heteroatoms. The smallest absolute Gasteiger partial charge is 0.334 e. The number of esters is 2. The number of cyclic esters (lactones) is 1. The zero-order chi connectivity index (χ0) is 35.3. The summed E-state index contributed by atoms with van der Waals surface area (Å²) < 4.78 is 36.0. The fourth-order valence-corrected chi connectivity index (χ4v) is 10.2. The normalized spacial score (nSPS) is 46.0. The van der Waals surface area contributed by atoms with Gasteiger partial charge >= 0.3 is 11.9 Å². The maximum absolute atomic E-state index is 13.4.